The van der Waals surface area contributed by atoms with Crippen LogP contribution in [0.2, 0.25) is 5.02 Å². The fourth-order valence-electron chi connectivity index (χ4n) is 2.75. The van der Waals surface area contributed by atoms with Gasteiger partial charge in [0.15, 0.2) is 6.61 Å². The van der Waals surface area contributed by atoms with E-state index in [-0.39, 0.29) is 31.4 Å². The number of hydrogen-bond acceptors (Lipinski definition) is 4. The predicted octanol–water partition coefficient (Wildman–Crippen LogP) is 2.20. The number of nitrogens with one attached hydrogen (secondary N) is 1. The summed E-state index contributed by atoms with van der Waals surface area (Å²) in [5, 5.41) is 3.28. The summed E-state index contributed by atoms with van der Waals surface area (Å²) >= 11 is 5.80. The number of rotatable bonds is 6. The lowest BCUT2D eigenvalue weighted by molar-refractivity contribution is -0.123. The topological polar surface area (TPSA) is 102 Å². The molecule has 8 heteroatoms. The molecule has 1 aliphatic heterocycles. The van der Waals surface area contributed by atoms with Crippen molar-refractivity contribution >= 4 is 40.7 Å². The molecule has 1 heterocycles. The van der Waals surface area contributed by atoms with E-state index in [2.05, 4.69) is 5.32 Å². The van der Waals surface area contributed by atoms with Crippen LogP contribution in [0.1, 0.15) is 6.42 Å². The van der Waals surface area contributed by atoms with Crippen LogP contribution in [0, 0.1) is 5.92 Å². The van der Waals surface area contributed by atoms with Gasteiger partial charge in [-0.1, -0.05) is 11.6 Å². The van der Waals surface area contributed by atoms with Crippen LogP contribution in [0.3, 0.4) is 0 Å². The summed E-state index contributed by atoms with van der Waals surface area (Å²) < 4.78 is 5.45. The lowest BCUT2D eigenvalue weighted by Crippen LogP contribution is -2.28. The van der Waals surface area contributed by atoms with Crippen LogP contribution in [0.5, 0.6) is 5.75 Å². The number of halogens is 1. The highest BCUT2D eigenvalue weighted by Gasteiger charge is 2.33. The van der Waals surface area contributed by atoms with Crippen molar-refractivity contribution in [3.8, 4) is 5.75 Å². The first-order valence-electron chi connectivity index (χ1n) is 8.30. The van der Waals surface area contributed by atoms with Crippen molar-refractivity contribution < 1.29 is 19.1 Å². The highest BCUT2D eigenvalue weighted by molar-refractivity contribution is 6.30. The van der Waals surface area contributed by atoms with Gasteiger partial charge in [-0.05, 0) is 48.5 Å². The minimum atomic E-state index is -0.475. The molecule has 0 bridgehead atoms. The summed E-state index contributed by atoms with van der Waals surface area (Å²) in [5.41, 5.74) is 6.55. The molecule has 3 amide bonds. The second-order valence-corrected chi connectivity index (χ2v) is 6.58. The zero-order chi connectivity index (χ0) is 19.4. The molecule has 3 rings (SSSR count). The second-order valence-electron chi connectivity index (χ2n) is 6.15. The average Bonchev–Trinajstić information content (AvgIpc) is 3.04. The van der Waals surface area contributed by atoms with E-state index in [4.69, 9.17) is 22.1 Å². The fraction of sp³-hybridized carbons (Fsp3) is 0.211. The summed E-state index contributed by atoms with van der Waals surface area (Å²) in [6.45, 7) is 0.117. The summed E-state index contributed by atoms with van der Waals surface area (Å²) in [4.78, 5) is 36.7. The van der Waals surface area contributed by atoms with Gasteiger partial charge in [0, 0.05) is 29.4 Å². The van der Waals surface area contributed by atoms with Crippen LogP contribution in [-0.4, -0.2) is 30.9 Å². The zero-order valence-corrected chi connectivity index (χ0v) is 15.1. The highest BCUT2D eigenvalue weighted by atomic mass is 35.5. The quantitative estimate of drug-likeness (QED) is 0.793. The number of primary amides is 1. The molecule has 1 fully saturated rings. The Morgan fingerprint density at radius 3 is 2.41 bits per heavy atom. The molecule has 140 valence electrons. The lowest BCUT2D eigenvalue weighted by atomic mass is 10.1. The fourth-order valence-corrected chi connectivity index (χ4v) is 2.88. The number of ether oxygens (including phenoxy) is 1. The molecule has 0 spiro atoms. The summed E-state index contributed by atoms with van der Waals surface area (Å²) in [5.74, 6) is -0.902. The smallest absolute Gasteiger partial charge is 0.262 e. The average molecular weight is 388 g/mol. The molecule has 27 heavy (non-hydrogen) atoms. The molecule has 0 unspecified atom stereocenters. The summed E-state index contributed by atoms with van der Waals surface area (Å²) in [6, 6.07) is 13.5. The van der Waals surface area contributed by atoms with Gasteiger partial charge in [-0.2, -0.15) is 0 Å². The molecule has 0 radical (unpaired) electrons. The normalized spacial score (nSPS) is 16.3. The van der Waals surface area contributed by atoms with Crippen LogP contribution in [0.4, 0.5) is 11.4 Å². The Hall–Kier alpha value is -3.06. The van der Waals surface area contributed by atoms with Gasteiger partial charge in [0.05, 0.1) is 5.92 Å². The van der Waals surface area contributed by atoms with Gasteiger partial charge in [-0.3, -0.25) is 14.4 Å². The van der Waals surface area contributed by atoms with E-state index in [1.807, 2.05) is 0 Å². The third-order valence-electron chi connectivity index (χ3n) is 4.17. The third kappa shape index (κ3) is 4.77. The summed E-state index contributed by atoms with van der Waals surface area (Å²) in [6.07, 6.45) is 0.123. The maximum atomic E-state index is 12.0. The van der Waals surface area contributed by atoms with Crippen LogP contribution < -0.4 is 20.7 Å². The highest BCUT2D eigenvalue weighted by Crippen LogP contribution is 2.26. The largest absolute Gasteiger partial charge is 0.484 e. The van der Waals surface area contributed by atoms with Gasteiger partial charge in [-0.25, -0.2) is 0 Å². The van der Waals surface area contributed by atoms with Crippen LogP contribution in [0.25, 0.3) is 0 Å². The Labute approximate surface area is 161 Å². The maximum Gasteiger partial charge on any atom is 0.262 e. The number of carbonyl (C=O) groups is 3. The maximum absolute atomic E-state index is 12.0. The predicted molar refractivity (Wildman–Crippen MR) is 102 cm³/mol. The van der Waals surface area contributed by atoms with Gasteiger partial charge < -0.3 is 20.7 Å². The SMILES string of the molecule is NC(=O)[C@H]1CC(=O)N(c2ccc(OCC(=O)Nc3ccc(Cl)cc3)cc2)C1. The van der Waals surface area contributed by atoms with Crippen molar-refractivity contribution in [1.29, 1.82) is 0 Å². The Kier molecular flexibility index (Phi) is 5.61. The van der Waals surface area contributed by atoms with Crippen molar-refractivity contribution in [2.75, 3.05) is 23.4 Å². The molecule has 3 N–H and O–H groups in total. The Balaban J connectivity index is 1.53. The van der Waals surface area contributed by atoms with Gasteiger partial charge >= 0.3 is 0 Å². The number of nitrogens with two attached hydrogens (primary N) is 1. The molecule has 1 atom stereocenters. The Morgan fingerprint density at radius 1 is 1.15 bits per heavy atom. The first-order chi connectivity index (χ1) is 12.9. The van der Waals surface area contributed by atoms with E-state index >= 15 is 0 Å². The first kappa shape index (κ1) is 18.7. The molecule has 1 saturated heterocycles. The van der Waals surface area contributed by atoms with Gasteiger partial charge in [0.25, 0.3) is 5.91 Å². The number of nitrogens with zero attached hydrogens (tertiary/aromatic N) is 1. The van der Waals surface area contributed by atoms with Crippen molar-refractivity contribution in [3.63, 3.8) is 0 Å². The summed E-state index contributed by atoms with van der Waals surface area (Å²) in [7, 11) is 0. The first-order valence-corrected chi connectivity index (χ1v) is 8.68. The third-order valence-corrected chi connectivity index (χ3v) is 4.43. The number of benzene rings is 2. The van der Waals surface area contributed by atoms with Crippen molar-refractivity contribution in [3.05, 3.63) is 53.6 Å². The monoisotopic (exact) mass is 387 g/mol. The van der Waals surface area contributed by atoms with E-state index < -0.39 is 11.8 Å². The van der Waals surface area contributed by atoms with Crippen molar-refractivity contribution in [2.45, 2.75) is 6.42 Å². The van der Waals surface area contributed by atoms with E-state index in [0.717, 1.165) is 0 Å². The number of hydrogen-bond donors (Lipinski definition) is 2. The van der Waals surface area contributed by atoms with Gasteiger partial charge in [-0.15, -0.1) is 0 Å². The molecule has 1 aliphatic rings. The van der Waals surface area contributed by atoms with E-state index in [1.165, 1.54) is 4.90 Å². The second kappa shape index (κ2) is 8.09. The van der Waals surface area contributed by atoms with Crippen molar-refractivity contribution in [1.82, 2.24) is 0 Å². The van der Waals surface area contributed by atoms with E-state index in [1.54, 1.807) is 48.5 Å². The minimum absolute atomic E-state index is 0.123. The molecule has 2 aromatic rings. The number of anilines is 2. The molecule has 0 saturated carbocycles. The van der Waals surface area contributed by atoms with Crippen molar-refractivity contribution in [2.24, 2.45) is 11.7 Å². The van der Waals surface area contributed by atoms with Crippen LogP contribution in [-0.2, 0) is 14.4 Å². The minimum Gasteiger partial charge on any atom is -0.484 e. The standard InChI is InChI=1S/C19H18ClN3O4/c20-13-1-3-14(4-2-13)22-17(24)11-27-16-7-5-15(6-8-16)23-10-12(19(21)26)9-18(23)25/h1-8,12H,9-11H2,(H2,21,26)(H,22,24)/t12-/m0/s1. The zero-order valence-electron chi connectivity index (χ0n) is 14.4. The van der Waals surface area contributed by atoms with E-state index in [0.29, 0.717) is 22.1 Å². The molecule has 0 aromatic heterocycles. The molecule has 0 aliphatic carbocycles. The molecule has 2 aromatic carbocycles. The number of amides is 3. The Bertz CT molecular complexity index is 852. The Morgan fingerprint density at radius 2 is 1.81 bits per heavy atom. The van der Waals surface area contributed by atoms with Gasteiger partial charge in [0.1, 0.15) is 5.75 Å². The lowest BCUT2D eigenvalue weighted by Gasteiger charge is -2.16. The molecule has 7 nitrogen and oxygen atoms in total. The molecular formula is C19H18ClN3O4. The van der Waals surface area contributed by atoms with Gasteiger partial charge in [0.2, 0.25) is 11.8 Å². The van der Waals surface area contributed by atoms with E-state index in [9.17, 15) is 14.4 Å². The number of carbonyl (C=O) groups excluding carboxylic acids is 3. The van der Waals surface area contributed by atoms with Crippen LogP contribution in [0.15, 0.2) is 48.5 Å². The molecular weight excluding hydrogens is 370 g/mol. The van der Waals surface area contributed by atoms with Crippen LogP contribution >= 0.6 is 11.6 Å².